The first-order valence-corrected chi connectivity index (χ1v) is 11.3. The molecule has 1 unspecified atom stereocenters. The Kier molecular flexibility index (Phi) is 6.29. The van der Waals surface area contributed by atoms with Gasteiger partial charge in [0.1, 0.15) is 0 Å². The molecule has 0 radical (unpaired) electrons. The molecule has 3 aromatic rings. The first-order valence-electron chi connectivity index (χ1n) is 11.3. The Morgan fingerprint density at radius 1 is 1.21 bits per heavy atom. The normalized spacial score (nSPS) is 16.2. The number of nitrogen functional groups attached to an aromatic ring is 1. The maximum Gasteiger partial charge on any atom is 0.266 e. The number of anilines is 2. The van der Waals surface area contributed by atoms with Crippen LogP contribution in [0.3, 0.4) is 0 Å². The van der Waals surface area contributed by atoms with E-state index in [-0.39, 0.29) is 30.5 Å². The number of pyridine rings is 1. The molecular formula is C25H28F2N5O2-. The molecule has 0 spiro atoms. The van der Waals surface area contributed by atoms with Gasteiger partial charge in [0.05, 0.1) is 23.9 Å². The lowest BCUT2D eigenvalue weighted by molar-refractivity contribution is -0.255. The van der Waals surface area contributed by atoms with E-state index in [4.69, 9.17) is 5.73 Å². The topological polar surface area (TPSA) is 100 Å². The Hall–Kier alpha value is -3.49. The Balaban J connectivity index is 1.68. The van der Waals surface area contributed by atoms with Crippen LogP contribution in [0.15, 0.2) is 42.7 Å². The summed E-state index contributed by atoms with van der Waals surface area (Å²) in [5, 5.41) is 16.2. The van der Waals surface area contributed by atoms with Crippen molar-refractivity contribution in [3.63, 3.8) is 0 Å². The maximum absolute atomic E-state index is 13.8. The van der Waals surface area contributed by atoms with Gasteiger partial charge in [-0.25, -0.2) is 13.8 Å². The average molecular weight is 469 g/mol. The summed E-state index contributed by atoms with van der Waals surface area (Å²) in [4.78, 5) is 17.5. The van der Waals surface area contributed by atoms with E-state index in [1.54, 1.807) is 16.9 Å². The number of rotatable bonds is 7. The van der Waals surface area contributed by atoms with Crippen molar-refractivity contribution in [3.05, 3.63) is 59.5 Å². The summed E-state index contributed by atoms with van der Waals surface area (Å²) in [6.45, 7) is 5.56. The van der Waals surface area contributed by atoms with Gasteiger partial charge in [0.15, 0.2) is 5.82 Å². The van der Waals surface area contributed by atoms with Crippen LogP contribution in [-0.4, -0.2) is 39.7 Å². The number of hydrogen-bond donors (Lipinski definition) is 1. The zero-order chi connectivity index (χ0) is 24.6. The van der Waals surface area contributed by atoms with E-state index in [1.165, 1.54) is 11.1 Å². The van der Waals surface area contributed by atoms with Crippen molar-refractivity contribution in [3.8, 4) is 11.1 Å². The first kappa shape index (κ1) is 23.7. The minimum Gasteiger partial charge on any atom is -0.545 e. The fraction of sp³-hybridized carbons (Fsp3) is 0.400. The quantitative estimate of drug-likeness (QED) is 0.568. The molecule has 1 atom stereocenters. The molecule has 3 heterocycles. The predicted molar refractivity (Wildman–Crippen MR) is 125 cm³/mol. The molecule has 180 valence electrons. The van der Waals surface area contributed by atoms with Crippen LogP contribution in [0.2, 0.25) is 0 Å². The number of halogens is 2. The summed E-state index contributed by atoms with van der Waals surface area (Å²) in [7, 11) is 0. The number of aromatic nitrogens is 3. The molecule has 1 saturated heterocycles. The van der Waals surface area contributed by atoms with Gasteiger partial charge in [-0.2, -0.15) is 5.10 Å². The first-order chi connectivity index (χ1) is 16.1. The molecule has 7 nitrogen and oxygen atoms in total. The molecule has 1 fully saturated rings. The summed E-state index contributed by atoms with van der Waals surface area (Å²) in [6.07, 6.45) is 3.37. The summed E-state index contributed by atoms with van der Waals surface area (Å²) >= 11 is 0. The fourth-order valence-electron chi connectivity index (χ4n) is 4.44. The average Bonchev–Trinajstić information content (AvgIpc) is 3.38. The molecule has 9 heteroatoms. The molecule has 2 N–H and O–H groups in total. The highest BCUT2D eigenvalue weighted by molar-refractivity contribution is 5.87. The van der Waals surface area contributed by atoms with Gasteiger partial charge in [-0.3, -0.25) is 4.68 Å². The number of alkyl halides is 2. The molecule has 0 saturated carbocycles. The number of hydrogen-bond acceptors (Lipinski definition) is 6. The van der Waals surface area contributed by atoms with E-state index in [0.29, 0.717) is 29.2 Å². The Bertz CT molecular complexity index is 1210. The SMILES string of the molecule is CC(Cc1ccccc1-c1ccnc(N2CCC(F)(F)C2)c1N)c1nn(C(C)C)cc1C(=O)[O-]. The lowest BCUT2D eigenvalue weighted by Gasteiger charge is -2.21. The van der Waals surface area contributed by atoms with Crippen LogP contribution in [0.4, 0.5) is 20.3 Å². The predicted octanol–water partition coefficient (Wildman–Crippen LogP) is 3.66. The van der Waals surface area contributed by atoms with E-state index in [2.05, 4.69) is 10.1 Å². The van der Waals surface area contributed by atoms with E-state index in [1.807, 2.05) is 45.0 Å². The molecule has 0 aliphatic carbocycles. The number of nitrogens with zero attached hydrogens (tertiary/aromatic N) is 4. The number of carbonyl (C=O) groups excluding carboxylic acids is 1. The van der Waals surface area contributed by atoms with Crippen LogP contribution in [0.1, 0.15) is 60.8 Å². The van der Waals surface area contributed by atoms with Crippen molar-refractivity contribution >= 4 is 17.5 Å². The number of nitrogens with two attached hydrogens (primary N) is 1. The van der Waals surface area contributed by atoms with Crippen LogP contribution >= 0.6 is 0 Å². The van der Waals surface area contributed by atoms with Crippen LogP contribution in [0.25, 0.3) is 11.1 Å². The maximum atomic E-state index is 13.8. The van der Waals surface area contributed by atoms with E-state index in [9.17, 15) is 18.7 Å². The van der Waals surface area contributed by atoms with Gasteiger partial charge in [-0.15, -0.1) is 0 Å². The second kappa shape index (κ2) is 9.04. The summed E-state index contributed by atoms with van der Waals surface area (Å²) < 4.78 is 29.2. The minimum absolute atomic E-state index is 0.0133. The number of carbonyl (C=O) groups is 1. The molecular weight excluding hydrogens is 440 g/mol. The molecule has 0 bridgehead atoms. The third-order valence-electron chi connectivity index (χ3n) is 6.25. The van der Waals surface area contributed by atoms with Gasteiger partial charge in [-0.1, -0.05) is 31.2 Å². The zero-order valence-corrected chi connectivity index (χ0v) is 19.5. The highest BCUT2D eigenvalue weighted by Gasteiger charge is 2.39. The van der Waals surface area contributed by atoms with Gasteiger partial charge in [0.2, 0.25) is 0 Å². The van der Waals surface area contributed by atoms with E-state index >= 15 is 0 Å². The number of benzene rings is 1. The van der Waals surface area contributed by atoms with Gasteiger partial charge in [-0.05, 0) is 37.5 Å². The smallest absolute Gasteiger partial charge is 0.266 e. The summed E-state index contributed by atoms with van der Waals surface area (Å²) in [6, 6.07) is 9.44. The van der Waals surface area contributed by atoms with Gasteiger partial charge >= 0.3 is 0 Å². The molecule has 1 aliphatic rings. The fourth-order valence-corrected chi connectivity index (χ4v) is 4.44. The lowest BCUT2D eigenvalue weighted by Crippen LogP contribution is -2.26. The number of aromatic carboxylic acids is 1. The van der Waals surface area contributed by atoms with Gasteiger partial charge in [0.25, 0.3) is 5.92 Å². The van der Waals surface area contributed by atoms with Crippen LogP contribution < -0.4 is 15.7 Å². The molecule has 1 aliphatic heterocycles. The van der Waals surface area contributed by atoms with Gasteiger partial charge in [0, 0.05) is 48.4 Å². The van der Waals surface area contributed by atoms with Crippen LogP contribution in [-0.2, 0) is 6.42 Å². The van der Waals surface area contributed by atoms with Crippen LogP contribution in [0.5, 0.6) is 0 Å². The monoisotopic (exact) mass is 468 g/mol. The molecule has 0 amide bonds. The van der Waals surface area contributed by atoms with Crippen molar-refractivity contribution in [1.29, 1.82) is 0 Å². The highest BCUT2D eigenvalue weighted by atomic mass is 19.3. The number of carboxylic acid groups (broad SMARTS) is 1. The molecule has 34 heavy (non-hydrogen) atoms. The Morgan fingerprint density at radius 2 is 1.94 bits per heavy atom. The van der Waals surface area contributed by atoms with E-state index in [0.717, 1.165) is 11.1 Å². The van der Waals surface area contributed by atoms with Crippen molar-refractivity contribution in [1.82, 2.24) is 14.8 Å². The highest BCUT2D eigenvalue weighted by Crippen LogP contribution is 2.38. The van der Waals surface area contributed by atoms with Crippen molar-refractivity contribution in [2.45, 2.75) is 51.5 Å². The third-order valence-corrected chi connectivity index (χ3v) is 6.25. The standard InChI is InChI=1S/C25H29F2N5O2/c1-15(2)32-13-20(24(33)34)22(30-32)16(3)12-17-6-4-5-7-18(17)19-8-10-29-23(21(19)28)31-11-9-25(26,27)14-31/h4-8,10,13,15-16H,9,11-12,14,28H2,1-3H3,(H,33,34)/p-1. The zero-order valence-electron chi connectivity index (χ0n) is 19.5. The third kappa shape index (κ3) is 4.60. The van der Waals surface area contributed by atoms with Gasteiger partial charge < -0.3 is 20.5 Å². The second-order valence-electron chi connectivity index (χ2n) is 9.17. The summed E-state index contributed by atoms with van der Waals surface area (Å²) in [5.74, 6) is -3.87. The van der Waals surface area contributed by atoms with Crippen LogP contribution in [0, 0.1) is 0 Å². The Morgan fingerprint density at radius 3 is 2.59 bits per heavy atom. The molecule has 2 aromatic heterocycles. The van der Waals surface area contributed by atoms with Crippen molar-refractivity contribution in [2.75, 3.05) is 23.7 Å². The summed E-state index contributed by atoms with van der Waals surface area (Å²) in [5.41, 5.74) is 9.83. The lowest BCUT2D eigenvalue weighted by atomic mass is 9.90. The van der Waals surface area contributed by atoms with Crippen molar-refractivity contribution in [2.24, 2.45) is 0 Å². The number of carboxylic acids is 1. The second-order valence-corrected chi connectivity index (χ2v) is 9.17. The largest absolute Gasteiger partial charge is 0.545 e. The minimum atomic E-state index is -2.76. The Labute approximate surface area is 197 Å². The van der Waals surface area contributed by atoms with E-state index < -0.39 is 18.4 Å². The molecule has 4 rings (SSSR count). The molecule has 1 aromatic carbocycles. The van der Waals surface area contributed by atoms with Crippen molar-refractivity contribution < 1.29 is 18.7 Å².